The van der Waals surface area contributed by atoms with Gasteiger partial charge < -0.3 is 18.4 Å². The fourth-order valence-electron chi connectivity index (χ4n) is 8.72. The average Bonchev–Trinajstić information content (AvgIpc) is 4.02. The molecule has 0 radical (unpaired) electrons. The summed E-state index contributed by atoms with van der Waals surface area (Å²) in [6, 6.07) is 67.9. The van der Waals surface area contributed by atoms with Crippen LogP contribution in [0.1, 0.15) is 0 Å². The van der Waals surface area contributed by atoms with Crippen LogP contribution in [0.2, 0.25) is 0 Å². The van der Waals surface area contributed by atoms with Gasteiger partial charge in [0.15, 0.2) is 0 Å². The van der Waals surface area contributed by atoms with Crippen LogP contribution in [0.5, 0.6) is 0 Å². The largest absolute Gasteiger partial charge is 0.455 e. The monoisotopic (exact) mass is 714 g/mol. The van der Waals surface area contributed by atoms with Crippen LogP contribution in [0.25, 0.3) is 115 Å². The maximum absolute atomic E-state index is 6.75. The molecule has 0 aliphatic carbocycles. The fourth-order valence-corrected chi connectivity index (χ4v) is 8.72. The number of nitrogens with zero attached hydrogens (tertiary/aromatic N) is 1. The quantitative estimate of drug-likeness (QED) is 0.194. The van der Waals surface area contributed by atoms with Crippen LogP contribution in [-0.4, -0.2) is 9.55 Å². The van der Waals surface area contributed by atoms with E-state index in [0.29, 0.717) is 0 Å². The summed E-state index contributed by atoms with van der Waals surface area (Å²) >= 11 is 0. The summed E-state index contributed by atoms with van der Waals surface area (Å²) in [7, 11) is 0. The molecule has 1 N–H and O–H groups in total. The van der Waals surface area contributed by atoms with Gasteiger partial charge >= 0.3 is 0 Å². The standard InChI is InChI=1S/C40H21NO2.C12H9N/c1-2-10-25-21-26(18-17-24(25)9-1)31-23-37-38(30-13-5-8-16-35(30)42-37)39-32-22-27(19-20-36(32)43-40(31)39)41-33-14-6-3-11-28(33)29-12-4-7-15-34(29)41;1-3-7-11-9(5-1)10-6-2-4-8-12(10)13-11/h1-4,6-12,14-23H;1-8,13H. The van der Waals surface area contributed by atoms with Gasteiger partial charge in [0.05, 0.1) is 16.4 Å². The van der Waals surface area contributed by atoms with E-state index in [1.165, 1.54) is 54.4 Å². The number of fused-ring (bicyclic) bond motifs is 14. The molecule has 0 saturated heterocycles. The molecule has 0 amide bonds. The van der Waals surface area contributed by atoms with Crippen LogP contribution in [0, 0.1) is 12.1 Å². The topological polar surface area (TPSA) is 47.0 Å². The summed E-state index contributed by atoms with van der Waals surface area (Å²) in [5.41, 5.74) is 11.2. The molecular weight excluding hydrogens is 685 g/mol. The molecule has 0 atom stereocenters. The van der Waals surface area contributed by atoms with Gasteiger partial charge in [-0.25, -0.2) is 0 Å². The summed E-state index contributed by atoms with van der Waals surface area (Å²) in [5.74, 6) is 0. The lowest BCUT2D eigenvalue weighted by Gasteiger charge is -2.08. The van der Waals surface area contributed by atoms with Crippen molar-refractivity contribution in [2.45, 2.75) is 0 Å². The van der Waals surface area contributed by atoms with E-state index in [4.69, 9.17) is 8.83 Å². The second-order valence-electron chi connectivity index (χ2n) is 14.4. The molecule has 56 heavy (non-hydrogen) atoms. The van der Waals surface area contributed by atoms with E-state index >= 15 is 0 Å². The lowest BCUT2D eigenvalue weighted by molar-refractivity contribution is 0.664. The highest BCUT2D eigenvalue weighted by atomic mass is 16.3. The predicted octanol–water partition coefficient (Wildman–Crippen LogP) is 14.3. The average molecular weight is 715 g/mol. The highest BCUT2D eigenvalue weighted by Crippen LogP contribution is 2.45. The Morgan fingerprint density at radius 3 is 1.88 bits per heavy atom. The number of aromatic amines is 1. The zero-order valence-corrected chi connectivity index (χ0v) is 30.0. The second kappa shape index (κ2) is 11.9. The van der Waals surface area contributed by atoms with Gasteiger partial charge in [-0.05, 0) is 83.1 Å². The Morgan fingerprint density at radius 1 is 0.464 bits per heavy atom. The molecule has 9 aromatic carbocycles. The summed E-state index contributed by atoms with van der Waals surface area (Å²) in [6.45, 7) is 0. The van der Waals surface area contributed by atoms with Crippen LogP contribution < -0.4 is 0 Å². The Hall–Kier alpha value is -7.74. The predicted molar refractivity (Wildman–Crippen MR) is 232 cm³/mol. The Kier molecular flexibility index (Phi) is 6.51. The van der Waals surface area contributed by atoms with E-state index in [-0.39, 0.29) is 0 Å². The zero-order valence-electron chi connectivity index (χ0n) is 30.0. The highest BCUT2D eigenvalue weighted by molar-refractivity contribution is 6.28. The molecule has 0 bridgehead atoms. The van der Waals surface area contributed by atoms with Gasteiger partial charge in [0.25, 0.3) is 0 Å². The van der Waals surface area contributed by atoms with Crippen molar-refractivity contribution in [1.29, 1.82) is 0 Å². The molecule has 0 aliphatic heterocycles. The first-order chi connectivity index (χ1) is 27.8. The number of aromatic nitrogens is 2. The molecule has 4 aromatic heterocycles. The van der Waals surface area contributed by atoms with Crippen LogP contribution in [0.15, 0.2) is 185 Å². The van der Waals surface area contributed by atoms with Gasteiger partial charge in [-0.1, -0.05) is 121 Å². The molecule has 0 fully saturated rings. The first-order valence-corrected chi connectivity index (χ1v) is 18.8. The van der Waals surface area contributed by atoms with E-state index < -0.39 is 0 Å². The Labute approximate surface area is 320 Å². The molecule has 4 heteroatoms. The maximum Gasteiger partial charge on any atom is 0.144 e. The Balaban J connectivity index is 0.000000224. The number of H-pyrrole nitrogens is 1. The third-order valence-electron chi connectivity index (χ3n) is 11.2. The second-order valence-corrected chi connectivity index (χ2v) is 14.4. The van der Waals surface area contributed by atoms with E-state index in [9.17, 15) is 0 Å². The van der Waals surface area contributed by atoms with E-state index in [1.807, 2.05) is 12.1 Å². The van der Waals surface area contributed by atoms with Gasteiger partial charge in [0, 0.05) is 60.0 Å². The number of nitrogens with one attached hydrogen (secondary N) is 1. The SMILES string of the molecule is c1ccc2c(c1)[nH]c1ccccc12.c1ccc2oc3cc(-c4ccc5ccccc5c4)c4oc5ccc(-n6c7ccccc7c7ccccc76)cc5c4c3c2c#1. The molecular formula is C52H30N2O2. The minimum Gasteiger partial charge on any atom is -0.455 e. The normalized spacial score (nSPS) is 11.8. The number of furan rings is 2. The molecule has 260 valence electrons. The van der Waals surface area contributed by atoms with Crippen LogP contribution in [-0.2, 0) is 0 Å². The van der Waals surface area contributed by atoms with E-state index in [2.05, 4.69) is 185 Å². The summed E-state index contributed by atoms with van der Waals surface area (Å²) in [6.07, 6.45) is 0. The zero-order chi connectivity index (χ0) is 36.7. The number of rotatable bonds is 2. The van der Waals surface area contributed by atoms with Crippen molar-refractivity contribution in [3.8, 4) is 16.8 Å². The minimum absolute atomic E-state index is 0.790. The Bertz CT molecular complexity index is 3570. The van der Waals surface area contributed by atoms with Crippen molar-refractivity contribution in [2.75, 3.05) is 0 Å². The van der Waals surface area contributed by atoms with Crippen molar-refractivity contribution >= 4 is 98.3 Å². The summed E-state index contributed by atoms with van der Waals surface area (Å²) < 4.78 is 15.5. The van der Waals surface area contributed by atoms with Crippen molar-refractivity contribution in [3.05, 3.63) is 188 Å². The fraction of sp³-hybridized carbons (Fsp3) is 0. The molecule has 0 saturated carbocycles. The summed E-state index contributed by atoms with van der Waals surface area (Å²) in [5, 5.41) is 11.5. The van der Waals surface area contributed by atoms with Crippen LogP contribution in [0.3, 0.4) is 0 Å². The molecule has 13 aromatic rings. The van der Waals surface area contributed by atoms with Crippen LogP contribution >= 0.6 is 0 Å². The third kappa shape index (κ3) is 4.55. The van der Waals surface area contributed by atoms with Gasteiger partial charge in [0.2, 0.25) is 0 Å². The Morgan fingerprint density at radius 2 is 1.12 bits per heavy atom. The first-order valence-electron chi connectivity index (χ1n) is 18.8. The molecule has 0 aliphatic rings. The van der Waals surface area contributed by atoms with Crippen molar-refractivity contribution in [3.63, 3.8) is 0 Å². The van der Waals surface area contributed by atoms with Gasteiger partial charge in [-0.2, -0.15) is 0 Å². The molecule has 13 rings (SSSR count). The molecule has 0 unspecified atom stereocenters. The number of para-hydroxylation sites is 4. The van der Waals surface area contributed by atoms with Crippen molar-refractivity contribution in [1.82, 2.24) is 9.55 Å². The molecule has 4 nitrogen and oxygen atoms in total. The maximum atomic E-state index is 6.75. The third-order valence-corrected chi connectivity index (χ3v) is 11.2. The van der Waals surface area contributed by atoms with Crippen molar-refractivity contribution < 1.29 is 8.83 Å². The highest BCUT2D eigenvalue weighted by Gasteiger charge is 2.22. The van der Waals surface area contributed by atoms with Crippen molar-refractivity contribution in [2.24, 2.45) is 0 Å². The molecule has 0 spiro atoms. The first kappa shape index (κ1) is 30.7. The van der Waals surface area contributed by atoms with E-state index in [0.717, 1.165) is 60.7 Å². The lowest BCUT2D eigenvalue weighted by atomic mass is 9.96. The number of hydrogen-bond donors (Lipinski definition) is 1. The summed E-state index contributed by atoms with van der Waals surface area (Å²) in [4.78, 5) is 3.38. The van der Waals surface area contributed by atoms with E-state index in [1.54, 1.807) is 0 Å². The smallest absolute Gasteiger partial charge is 0.144 e. The number of hydrogen-bond acceptors (Lipinski definition) is 2. The number of benzene rings is 8. The minimum atomic E-state index is 0.790. The lowest BCUT2D eigenvalue weighted by Crippen LogP contribution is -1.93. The van der Waals surface area contributed by atoms with Gasteiger partial charge in [0.1, 0.15) is 22.3 Å². The van der Waals surface area contributed by atoms with Gasteiger partial charge in [-0.3, -0.25) is 0 Å². The molecule has 4 heterocycles. The van der Waals surface area contributed by atoms with Crippen LogP contribution in [0.4, 0.5) is 0 Å². The van der Waals surface area contributed by atoms with Gasteiger partial charge in [-0.15, -0.1) is 0 Å².